The number of carboxylic acid groups (broad SMARTS) is 1. The van der Waals surface area contributed by atoms with Crippen LogP contribution in [0.15, 0.2) is 18.2 Å². The molecule has 1 fully saturated rings. The lowest BCUT2D eigenvalue weighted by Gasteiger charge is -2.08. The monoisotopic (exact) mass is 250 g/mol. The van der Waals surface area contributed by atoms with Crippen LogP contribution in [-0.4, -0.2) is 22.5 Å². The van der Waals surface area contributed by atoms with E-state index in [-0.39, 0.29) is 16.9 Å². The number of nitrogens with one attached hydrogen (secondary N) is 1. The van der Waals surface area contributed by atoms with Gasteiger partial charge in [0.25, 0.3) is 0 Å². The molecule has 6 nitrogen and oxygen atoms in total. The molecule has 6 heteroatoms. The molecule has 0 heterocycles. The third kappa shape index (κ3) is 2.77. The topological polar surface area (TPSA) is 92.5 Å². The van der Waals surface area contributed by atoms with Gasteiger partial charge in [0.2, 0.25) is 0 Å². The zero-order valence-corrected chi connectivity index (χ0v) is 9.76. The number of hydrogen-bond acceptors (Lipinski definition) is 4. The number of carbonyl (C=O) groups is 1. The second kappa shape index (κ2) is 5.03. The van der Waals surface area contributed by atoms with E-state index < -0.39 is 10.9 Å². The molecule has 1 saturated carbocycles. The van der Waals surface area contributed by atoms with Gasteiger partial charge in [0, 0.05) is 6.54 Å². The van der Waals surface area contributed by atoms with Gasteiger partial charge in [0.15, 0.2) is 0 Å². The largest absolute Gasteiger partial charge is 0.477 e. The van der Waals surface area contributed by atoms with E-state index in [0.717, 1.165) is 12.3 Å². The SMILES string of the molecule is O=C(O)c1cccc(NCCC2CC2)c1[N+](=O)[O-]. The van der Waals surface area contributed by atoms with Crippen molar-refractivity contribution < 1.29 is 14.8 Å². The zero-order valence-electron chi connectivity index (χ0n) is 9.76. The van der Waals surface area contributed by atoms with Crippen molar-refractivity contribution in [1.29, 1.82) is 0 Å². The molecule has 0 radical (unpaired) electrons. The fourth-order valence-electron chi connectivity index (χ4n) is 1.87. The Kier molecular flexibility index (Phi) is 3.45. The number of para-hydroxylation sites is 1. The molecule has 1 aromatic rings. The highest BCUT2D eigenvalue weighted by Crippen LogP contribution is 2.33. The number of hydrogen-bond donors (Lipinski definition) is 2. The lowest BCUT2D eigenvalue weighted by atomic mass is 10.1. The third-order valence-electron chi connectivity index (χ3n) is 3.01. The fraction of sp³-hybridized carbons (Fsp3) is 0.417. The molecule has 2 rings (SSSR count). The quantitative estimate of drug-likeness (QED) is 0.597. The van der Waals surface area contributed by atoms with Gasteiger partial charge in [0.05, 0.1) is 4.92 Å². The van der Waals surface area contributed by atoms with Crippen molar-refractivity contribution in [3.63, 3.8) is 0 Å². The highest BCUT2D eigenvalue weighted by molar-refractivity contribution is 5.95. The zero-order chi connectivity index (χ0) is 13.1. The van der Waals surface area contributed by atoms with Crippen LogP contribution in [-0.2, 0) is 0 Å². The molecule has 0 bridgehead atoms. The van der Waals surface area contributed by atoms with Crippen molar-refractivity contribution in [2.24, 2.45) is 5.92 Å². The summed E-state index contributed by atoms with van der Waals surface area (Å²) in [5, 5.41) is 22.8. The summed E-state index contributed by atoms with van der Waals surface area (Å²) in [5.74, 6) is -0.563. The Hall–Kier alpha value is -2.11. The molecule has 96 valence electrons. The van der Waals surface area contributed by atoms with Crippen molar-refractivity contribution in [2.45, 2.75) is 19.3 Å². The average Bonchev–Trinajstić information content (AvgIpc) is 3.12. The smallest absolute Gasteiger partial charge is 0.342 e. The maximum absolute atomic E-state index is 11.0. The number of benzene rings is 1. The van der Waals surface area contributed by atoms with Crippen LogP contribution in [0, 0.1) is 16.0 Å². The first-order chi connectivity index (χ1) is 8.59. The molecule has 0 saturated heterocycles. The molecular weight excluding hydrogens is 236 g/mol. The number of rotatable bonds is 6. The van der Waals surface area contributed by atoms with E-state index in [9.17, 15) is 14.9 Å². The molecule has 1 aliphatic carbocycles. The Balaban J connectivity index is 2.18. The van der Waals surface area contributed by atoms with Crippen molar-refractivity contribution in [3.8, 4) is 0 Å². The Morgan fingerprint density at radius 3 is 2.78 bits per heavy atom. The van der Waals surface area contributed by atoms with Gasteiger partial charge in [-0.2, -0.15) is 0 Å². The number of aromatic carboxylic acids is 1. The summed E-state index contributed by atoms with van der Waals surface area (Å²) in [6, 6.07) is 4.29. The van der Waals surface area contributed by atoms with Crippen LogP contribution >= 0.6 is 0 Å². The van der Waals surface area contributed by atoms with Crippen molar-refractivity contribution in [3.05, 3.63) is 33.9 Å². The molecule has 0 aromatic heterocycles. The molecule has 18 heavy (non-hydrogen) atoms. The predicted octanol–water partition coefficient (Wildman–Crippen LogP) is 2.51. The minimum absolute atomic E-state index is 0.278. The summed E-state index contributed by atoms with van der Waals surface area (Å²) >= 11 is 0. The van der Waals surface area contributed by atoms with Crippen LogP contribution in [0.5, 0.6) is 0 Å². The minimum atomic E-state index is -1.28. The van der Waals surface area contributed by atoms with Gasteiger partial charge in [-0.1, -0.05) is 18.9 Å². The van der Waals surface area contributed by atoms with Gasteiger partial charge < -0.3 is 10.4 Å². The minimum Gasteiger partial charge on any atom is -0.477 e. The average molecular weight is 250 g/mol. The maximum atomic E-state index is 11.0. The molecule has 0 unspecified atom stereocenters. The van der Waals surface area contributed by atoms with Gasteiger partial charge in [-0.25, -0.2) is 4.79 Å². The van der Waals surface area contributed by atoms with Crippen LogP contribution in [0.3, 0.4) is 0 Å². The molecular formula is C12H14N2O4. The third-order valence-corrected chi connectivity index (χ3v) is 3.01. The van der Waals surface area contributed by atoms with Gasteiger partial charge in [-0.05, 0) is 24.5 Å². The summed E-state index contributed by atoms with van der Waals surface area (Å²) in [6.07, 6.45) is 3.41. The first-order valence-corrected chi connectivity index (χ1v) is 5.84. The van der Waals surface area contributed by atoms with E-state index in [1.165, 1.54) is 31.0 Å². The second-order valence-electron chi connectivity index (χ2n) is 4.42. The molecule has 0 amide bonds. The summed E-state index contributed by atoms with van der Waals surface area (Å²) in [6.45, 7) is 0.634. The van der Waals surface area contributed by atoms with Crippen LogP contribution in [0.25, 0.3) is 0 Å². The normalized spacial score (nSPS) is 14.2. The summed E-state index contributed by atoms with van der Waals surface area (Å²) in [7, 11) is 0. The molecule has 0 atom stereocenters. The second-order valence-corrected chi connectivity index (χ2v) is 4.42. The predicted molar refractivity (Wildman–Crippen MR) is 65.9 cm³/mol. The van der Waals surface area contributed by atoms with Crippen molar-refractivity contribution in [1.82, 2.24) is 0 Å². The number of nitro groups is 1. The molecule has 2 N–H and O–H groups in total. The highest BCUT2D eigenvalue weighted by atomic mass is 16.6. The standard InChI is InChI=1S/C12H14N2O4/c15-12(16)9-2-1-3-10(11(9)14(17)18)13-7-6-8-4-5-8/h1-3,8,13H,4-7H2,(H,15,16). The lowest BCUT2D eigenvalue weighted by Crippen LogP contribution is -2.09. The van der Waals surface area contributed by atoms with Crippen molar-refractivity contribution in [2.75, 3.05) is 11.9 Å². The highest BCUT2D eigenvalue weighted by Gasteiger charge is 2.25. The first-order valence-electron chi connectivity index (χ1n) is 5.84. The summed E-state index contributed by atoms with van der Waals surface area (Å²) in [4.78, 5) is 21.2. The van der Waals surface area contributed by atoms with E-state index >= 15 is 0 Å². The summed E-state index contributed by atoms with van der Waals surface area (Å²) < 4.78 is 0. The number of nitro benzene ring substituents is 1. The van der Waals surface area contributed by atoms with Crippen LogP contribution in [0.2, 0.25) is 0 Å². The van der Waals surface area contributed by atoms with Crippen molar-refractivity contribution >= 4 is 17.3 Å². The van der Waals surface area contributed by atoms with E-state index in [1.54, 1.807) is 0 Å². The molecule has 0 aliphatic heterocycles. The summed E-state index contributed by atoms with van der Waals surface area (Å²) in [5.41, 5.74) is -0.363. The van der Waals surface area contributed by atoms with Gasteiger partial charge in [0.1, 0.15) is 11.3 Å². The van der Waals surface area contributed by atoms with Gasteiger partial charge in [-0.3, -0.25) is 10.1 Å². The van der Waals surface area contributed by atoms with E-state index in [4.69, 9.17) is 5.11 Å². The Bertz CT molecular complexity index is 483. The number of nitrogens with zero attached hydrogens (tertiary/aromatic N) is 1. The number of anilines is 1. The van der Waals surface area contributed by atoms with Crippen LogP contribution in [0.1, 0.15) is 29.6 Å². The Labute approximate surface area is 104 Å². The van der Waals surface area contributed by atoms with Gasteiger partial charge in [-0.15, -0.1) is 0 Å². The Morgan fingerprint density at radius 2 is 2.22 bits per heavy atom. The van der Waals surface area contributed by atoms with Crippen LogP contribution < -0.4 is 5.32 Å². The lowest BCUT2D eigenvalue weighted by molar-refractivity contribution is -0.384. The van der Waals surface area contributed by atoms with E-state index in [1.807, 2.05) is 0 Å². The van der Waals surface area contributed by atoms with Crippen LogP contribution in [0.4, 0.5) is 11.4 Å². The van der Waals surface area contributed by atoms with Gasteiger partial charge >= 0.3 is 11.7 Å². The maximum Gasteiger partial charge on any atom is 0.342 e. The fourth-order valence-corrected chi connectivity index (χ4v) is 1.87. The first kappa shape index (κ1) is 12.3. The molecule has 1 aliphatic rings. The number of carboxylic acids is 1. The molecule has 0 spiro atoms. The van der Waals surface area contributed by atoms with E-state index in [0.29, 0.717) is 6.54 Å². The van der Waals surface area contributed by atoms with E-state index in [2.05, 4.69) is 5.32 Å². The Morgan fingerprint density at radius 1 is 1.50 bits per heavy atom. The molecule has 1 aromatic carbocycles.